The van der Waals surface area contributed by atoms with Crippen molar-refractivity contribution in [1.29, 1.82) is 0 Å². The van der Waals surface area contributed by atoms with Crippen LogP contribution in [-0.2, 0) is 4.65 Å². The molecule has 1 saturated heterocycles. The molecular formula is C13H19BO2. The molecule has 86 valence electrons. The van der Waals surface area contributed by atoms with Gasteiger partial charge in [0.25, 0.3) is 0 Å². The van der Waals surface area contributed by atoms with Crippen LogP contribution in [0.4, 0.5) is 0 Å². The summed E-state index contributed by atoms with van der Waals surface area (Å²) in [5.41, 5.74) is 1.10. The third kappa shape index (κ3) is 1.84. The maximum Gasteiger partial charge on any atom is 0.328 e. The third-order valence-electron chi connectivity index (χ3n) is 4.00. The topological polar surface area (TPSA) is 29.5 Å². The van der Waals surface area contributed by atoms with E-state index in [1.807, 2.05) is 12.1 Å². The van der Waals surface area contributed by atoms with Gasteiger partial charge in [-0.15, -0.1) is 0 Å². The Balaban J connectivity index is 2.27. The molecule has 1 aromatic rings. The first-order valence-corrected chi connectivity index (χ1v) is 5.79. The van der Waals surface area contributed by atoms with E-state index in [1.54, 1.807) is 12.1 Å². The van der Waals surface area contributed by atoms with Crippen molar-refractivity contribution < 1.29 is 9.76 Å². The molecule has 16 heavy (non-hydrogen) atoms. The summed E-state index contributed by atoms with van der Waals surface area (Å²) in [6.45, 7) is 8.83. The zero-order valence-electron chi connectivity index (χ0n) is 10.4. The van der Waals surface area contributed by atoms with E-state index in [0.29, 0.717) is 5.75 Å². The van der Waals surface area contributed by atoms with Gasteiger partial charge in [-0.2, -0.15) is 0 Å². The number of aromatic hydroxyl groups is 1. The molecule has 3 heteroatoms. The zero-order chi connectivity index (χ0) is 12.0. The van der Waals surface area contributed by atoms with E-state index < -0.39 is 0 Å². The summed E-state index contributed by atoms with van der Waals surface area (Å²) in [5.74, 6) is 0.309. The van der Waals surface area contributed by atoms with Crippen molar-refractivity contribution in [2.24, 2.45) is 5.41 Å². The van der Waals surface area contributed by atoms with E-state index in [0.717, 1.165) is 11.8 Å². The summed E-state index contributed by atoms with van der Waals surface area (Å²) in [6.07, 6.45) is 0.990. The van der Waals surface area contributed by atoms with E-state index in [9.17, 15) is 5.11 Å². The van der Waals surface area contributed by atoms with Crippen molar-refractivity contribution >= 4 is 12.4 Å². The van der Waals surface area contributed by atoms with Gasteiger partial charge in [0.15, 0.2) is 0 Å². The molecule has 1 aliphatic rings. The summed E-state index contributed by atoms with van der Waals surface area (Å²) in [6, 6.07) is 7.37. The fourth-order valence-corrected chi connectivity index (χ4v) is 2.18. The molecule has 2 nitrogen and oxygen atoms in total. The number of hydrogen-bond acceptors (Lipinski definition) is 2. The Morgan fingerprint density at radius 3 is 2.44 bits per heavy atom. The number of hydrogen-bond donors (Lipinski definition) is 1. The van der Waals surface area contributed by atoms with Crippen LogP contribution >= 0.6 is 0 Å². The van der Waals surface area contributed by atoms with E-state index in [1.165, 1.54) is 0 Å². The molecule has 0 aromatic heterocycles. The van der Waals surface area contributed by atoms with Crippen LogP contribution in [0.3, 0.4) is 0 Å². The maximum absolute atomic E-state index is 9.48. The Morgan fingerprint density at radius 2 is 1.94 bits per heavy atom. The van der Waals surface area contributed by atoms with E-state index >= 15 is 0 Å². The Kier molecular flexibility index (Phi) is 2.54. The van der Waals surface area contributed by atoms with Crippen molar-refractivity contribution in [1.82, 2.24) is 0 Å². The Morgan fingerprint density at radius 1 is 1.25 bits per heavy atom. The molecule has 1 heterocycles. The van der Waals surface area contributed by atoms with Gasteiger partial charge in [-0.1, -0.05) is 26.0 Å². The molecule has 2 rings (SSSR count). The molecule has 1 N–H and O–H groups in total. The van der Waals surface area contributed by atoms with Gasteiger partial charge >= 0.3 is 6.92 Å². The van der Waals surface area contributed by atoms with Gasteiger partial charge in [-0.3, -0.25) is 0 Å². The Labute approximate surface area is 97.7 Å². The van der Waals surface area contributed by atoms with Crippen LogP contribution in [0.1, 0.15) is 27.7 Å². The predicted molar refractivity (Wildman–Crippen MR) is 67.2 cm³/mol. The van der Waals surface area contributed by atoms with Crippen LogP contribution in [0.25, 0.3) is 0 Å². The molecule has 1 aromatic carbocycles. The molecule has 0 aliphatic carbocycles. The quantitative estimate of drug-likeness (QED) is 0.733. The first-order chi connectivity index (χ1) is 7.32. The fourth-order valence-electron chi connectivity index (χ4n) is 2.18. The van der Waals surface area contributed by atoms with Gasteiger partial charge in [0, 0.05) is 0 Å². The summed E-state index contributed by atoms with van der Waals surface area (Å²) in [7, 11) is 0. The highest BCUT2D eigenvalue weighted by molar-refractivity contribution is 6.68. The lowest BCUT2D eigenvalue weighted by molar-refractivity contribution is 0.0375. The molecule has 0 spiro atoms. The van der Waals surface area contributed by atoms with Crippen LogP contribution in [0, 0.1) is 5.41 Å². The van der Waals surface area contributed by atoms with Crippen LogP contribution < -0.4 is 5.46 Å². The summed E-state index contributed by atoms with van der Waals surface area (Å²) < 4.78 is 6.09. The van der Waals surface area contributed by atoms with Crippen LogP contribution in [0.15, 0.2) is 24.3 Å². The maximum atomic E-state index is 9.48. The first-order valence-electron chi connectivity index (χ1n) is 5.79. The molecule has 0 atom stereocenters. The number of rotatable bonds is 1. The molecular weight excluding hydrogens is 199 g/mol. The SMILES string of the molecule is CC1(C)CB(c2cccc(O)c2)OC1(C)C. The van der Waals surface area contributed by atoms with Crippen LogP contribution in [0.5, 0.6) is 5.75 Å². The summed E-state index contributed by atoms with van der Waals surface area (Å²) in [4.78, 5) is 0. The van der Waals surface area contributed by atoms with Gasteiger partial charge < -0.3 is 9.76 Å². The first kappa shape index (κ1) is 11.5. The van der Waals surface area contributed by atoms with E-state index in [-0.39, 0.29) is 17.9 Å². The molecule has 0 bridgehead atoms. The van der Waals surface area contributed by atoms with Crippen molar-refractivity contribution in [3.05, 3.63) is 24.3 Å². The van der Waals surface area contributed by atoms with Crippen LogP contribution in [0.2, 0.25) is 6.32 Å². The normalized spacial score (nSPS) is 22.4. The lowest BCUT2D eigenvalue weighted by Gasteiger charge is -2.34. The highest BCUT2D eigenvalue weighted by atomic mass is 16.5. The Bertz CT molecular complexity index is 383. The average Bonchev–Trinajstić information content (AvgIpc) is 2.36. The standard InChI is InChI=1S/C13H19BO2/c1-12(2)9-14(16-13(12,3)4)10-6-5-7-11(15)8-10/h5-8,15H,9H2,1-4H3. The zero-order valence-corrected chi connectivity index (χ0v) is 10.4. The van der Waals surface area contributed by atoms with Crippen molar-refractivity contribution in [2.75, 3.05) is 0 Å². The van der Waals surface area contributed by atoms with Crippen LogP contribution in [-0.4, -0.2) is 17.6 Å². The van der Waals surface area contributed by atoms with Crippen molar-refractivity contribution in [3.8, 4) is 5.75 Å². The second-order valence-corrected chi connectivity index (χ2v) is 5.80. The number of phenolic OH excluding ortho intramolecular Hbond substituents is 1. The predicted octanol–water partition coefficient (Wildman–Crippen LogP) is 2.43. The van der Waals surface area contributed by atoms with E-state index in [2.05, 4.69) is 27.7 Å². The Hall–Kier alpha value is -0.955. The smallest absolute Gasteiger partial charge is 0.328 e. The minimum Gasteiger partial charge on any atom is -0.508 e. The fraction of sp³-hybridized carbons (Fsp3) is 0.538. The second kappa shape index (κ2) is 3.52. The third-order valence-corrected chi connectivity index (χ3v) is 4.00. The minimum atomic E-state index is -0.122. The molecule has 0 amide bonds. The molecule has 1 aliphatic heterocycles. The molecule has 1 fully saturated rings. The van der Waals surface area contributed by atoms with Gasteiger partial charge in [0.05, 0.1) is 5.60 Å². The van der Waals surface area contributed by atoms with Crippen molar-refractivity contribution in [3.63, 3.8) is 0 Å². The number of phenols is 1. The lowest BCUT2D eigenvalue weighted by atomic mass is 9.54. The average molecular weight is 218 g/mol. The highest BCUT2D eigenvalue weighted by Crippen LogP contribution is 2.45. The van der Waals surface area contributed by atoms with Gasteiger partial charge in [0.1, 0.15) is 5.75 Å². The van der Waals surface area contributed by atoms with Gasteiger partial charge in [-0.25, -0.2) is 0 Å². The monoisotopic (exact) mass is 218 g/mol. The minimum absolute atomic E-state index is 0.0945. The molecule has 0 radical (unpaired) electrons. The van der Waals surface area contributed by atoms with Gasteiger partial charge in [-0.05, 0) is 43.2 Å². The van der Waals surface area contributed by atoms with Crippen molar-refractivity contribution in [2.45, 2.75) is 39.6 Å². The molecule has 0 unspecified atom stereocenters. The second-order valence-electron chi connectivity index (χ2n) is 5.80. The van der Waals surface area contributed by atoms with E-state index in [4.69, 9.17) is 4.65 Å². The highest BCUT2D eigenvalue weighted by Gasteiger charge is 2.49. The summed E-state index contributed by atoms with van der Waals surface area (Å²) >= 11 is 0. The lowest BCUT2D eigenvalue weighted by Crippen LogP contribution is -2.36. The molecule has 0 saturated carbocycles. The largest absolute Gasteiger partial charge is 0.508 e. The summed E-state index contributed by atoms with van der Waals surface area (Å²) in [5, 5.41) is 9.48. The number of benzene rings is 1. The van der Waals surface area contributed by atoms with Gasteiger partial charge in [0.2, 0.25) is 0 Å².